The van der Waals surface area contributed by atoms with Gasteiger partial charge >= 0.3 is 5.97 Å². The zero-order chi connectivity index (χ0) is 15.0. The molecule has 0 aromatic heterocycles. The minimum absolute atomic E-state index is 0.0281. The fraction of sp³-hybridized carbons (Fsp3) is 0.375. The first-order valence-corrected chi connectivity index (χ1v) is 6.61. The van der Waals surface area contributed by atoms with Gasteiger partial charge in [-0.2, -0.15) is 0 Å². The van der Waals surface area contributed by atoms with Gasteiger partial charge in [-0.1, -0.05) is 36.9 Å². The van der Waals surface area contributed by atoms with Gasteiger partial charge in [0, 0.05) is 6.42 Å². The van der Waals surface area contributed by atoms with Crippen LogP contribution in [0.1, 0.15) is 30.9 Å². The Hall–Kier alpha value is -1.94. The molecule has 0 amide bonds. The Morgan fingerprint density at radius 2 is 2.00 bits per heavy atom. The minimum Gasteiger partial charge on any atom is -0.461 e. The minimum atomic E-state index is -0.292. The molecule has 0 saturated carbocycles. The SMILES string of the molecule is C=Cc1ccc(COC(=O)CC[C@H](NC)C(C)=O)cc1. The van der Waals surface area contributed by atoms with E-state index in [9.17, 15) is 9.59 Å². The lowest BCUT2D eigenvalue weighted by atomic mass is 10.1. The summed E-state index contributed by atoms with van der Waals surface area (Å²) in [5.41, 5.74) is 1.96. The maximum Gasteiger partial charge on any atom is 0.306 e. The lowest BCUT2D eigenvalue weighted by Gasteiger charge is -2.12. The molecule has 0 fully saturated rings. The van der Waals surface area contributed by atoms with E-state index in [2.05, 4.69) is 11.9 Å². The van der Waals surface area contributed by atoms with Crippen molar-refractivity contribution < 1.29 is 14.3 Å². The van der Waals surface area contributed by atoms with Crippen molar-refractivity contribution in [1.29, 1.82) is 0 Å². The molecule has 1 aromatic carbocycles. The summed E-state index contributed by atoms with van der Waals surface area (Å²) in [5, 5.41) is 2.88. The molecule has 0 bridgehead atoms. The molecule has 0 saturated heterocycles. The van der Waals surface area contributed by atoms with E-state index in [1.54, 1.807) is 13.1 Å². The predicted molar refractivity (Wildman–Crippen MR) is 79.1 cm³/mol. The number of Topliss-reactive ketones (excluding diaryl/α,β-unsaturated/α-hetero) is 1. The van der Waals surface area contributed by atoms with E-state index >= 15 is 0 Å². The maximum atomic E-state index is 11.6. The van der Waals surface area contributed by atoms with Gasteiger partial charge in [0.05, 0.1) is 6.04 Å². The average Bonchev–Trinajstić information content (AvgIpc) is 2.46. The van der Waals surface area contributed by atoms with E-state index in [0.717, 1.165) is 11.1 Å². The summed E-state index contributed by atoms with van der Waals surface area (Å²) in [5.74, 6) is -0.264. The summed E-state index contributed by atoms with van der Waals surface area (Å²) in [6.07, 6.45) is 2.45. The van der Waals surface area contributed by atoms with Crippen LogP contribution in [0.15, 0.2) is 30.8 Å². The monoisotopic (exact) mass is 275 g/mol. The molecule has 0 radical (unpaired) electrons. The van der Waals surface area contributed by atoms with Crippen molar-refractivity contribution >= 4 is 17.8 Å². The second kappa shape index (κ2) is 8.27. The Morgan fingerprint density at radius 1 is 1.35 bits per heavy atom. The van der Waals surface area contributed by atoms with Crippen LogP contribution in [-0.2, 0) is 20.9 Å². The highest BCUT2D eigenvalue weighted by atomic mass is 16.5. The molecule has 1 N–H and O–H groups in total. The van der Waals surface area contributed by atoms with Gasteiger partial charge in [0.25, 0.3) is 0 Å². The molecule has 20 heavy (non-hydrogen) atoms. The summed E-state index contributed by atoms with van der Waals surface area (Å²) in [6, 6.07) is 7.35. The summed E-state index contributed by atoms with van der Waals surface area (Å²) >= 11 is 0. The fourth-order valence-corrected chi connectivity index (χ4v) is 1.80. The molecule has 4 heteroatoms. The molecule has 0 unspecified atom stereocenters. The van der Waals surface area contributed by atoms with Crippen LogP contribution < -0.4 is 5.32 Å². The second-order valence-electron chi connectivity index (χ2n) is 4.60. The predicted octanol–water partition coefficient (Wildman–Crippen LogP) is 2.33. The number of benzene rings is 1. The molecule has 0 aliphatic rings. The van der Waals surface area contributed by atoms with Crippen molar-refractivity contribution in [2.45, 2.75) is 32.4 Å². The van der Waals surface area contributed by atoms with Crippen molar-refractivity contribution in [3.8, 4) is 0 Å². The Bertz CT molecular complexity index is 465. The van der Waals surface area contributed by atoms with E-state index in [0.29, 0.717) is 6.42 Å². The number of carbonyl (C=O) groups excluding carboxylic acids is 2. The van der Waals surface area contributed by atoms with Crippen LogP contribution in [0.4, 0.5) is 0 Å². The zero-order valence-corrected chi connectivity index (χ0v) is 12.0. The van der Waals surface area contributed by atoms with Gasteiger partial charge in [0.2, 0.25) is 0 Å². The van der Waals surface area contributed by atoms with Crippen LogP contribution in [0.2, 0.25) is 0 Å². The molecule has 1 rings (SSSR count). The average molecular weight is 275 g/mol. The van der Waals surface area contributed by atoms with E-state index < -0.39 is 0 Å². The summed E-state index contributed by atoms with van der Waals surface area (Å²) in [4.78, 5) is 22.8. The van der Waals surface area contributed by atoms with Crippen molar-refractivity contribution in [2.24, 2.45) is 0 Å². The Labute approximate surface area is 119 Å². The maximum absolute atomic E-state index is 11.6. The van der Waals surface area contributed by atoms with Gasteiger partial charge in [-0.05, 0) is 31.5 Å². The number of ether oxygens (including phenoxy) is 1. The van der Waals surface area contributed by atoms with Crippen LogP contribution in [0.3, 0.4) is 0 Å². The van der Waals surface area contributed by atoms with Crippen molar-refractivity contribution in [3.63, 3.8) is 0 Å². The highest BCUT2D eigenvalue weighted by molar-refractivity contribution is 5.82. The van der Waals surface area contributed by atoms with Gasteiger partial charge < -0.3 is 10.1 Å². The van der Waals surface area contributed by atoms with Crippen molar-refractivity contribution in [2.75, 3.05) is 7.05 Å². The number of hydrogen-bond acceptors (Lipinski definition) is 4. The van der Waals surface area contributed by atoms with Crippen LogP contribution in [0.5, 0.6) is 0 Å². The molecule has 108 valence electrons. The largest absolute Gasteiger partial charge is 0.461 e. The molecule has 1 aromatic rings. The lowest BCUT2D eigenvalue weighted by Crippen LogP contribution is -2.32. The highest BCUT2D eigenvalue weighted by Crippen LogP contribution is 2.08. The van der Waals surface area contributed by atoms with Crippen LogP contribution in [0.25, 0.3) is 6.08 Å². The summed E-state index contributed by atoms with van der Waals surface area (Å²) in [7, 11) is 1.71. The third kappa shape index (κ3) is 5.36. The molecular formula is C16H21NO3. The molecular weight excluding hydrogens is 254 g/mol. The van der Waals surface area contributed by atoms with Crippen LogP contribution in [0, 0.1) is 0 Å². The van der Waals surface area contributed by atoms with Gasteiger partial charge in [-0.15, -0.1) is 0 Å². The molecule has 0 spiro atoms. The number of nitrogens with one attached hydrogen (secondary N) is 1. The molecule has 1 atom stereocenters. The normalized spacial score (nSPS) is 11.7. The number of esters is 1. The number of ketones is 1. The summed E-state index contributed by atoms with van der Waals surface area (Å²) < 4.78 is 5.17. The third-order valence-corrected chi connectivity index (χ3v) is 3.09. The van der Waals surface area contributed by atoms with E-state index in [1.165, 1.54) is 6.92 Å². The quantitative estimate of drug-likeness (QED) is 0.740. The first-order chi connectivity index (χ1) is 9.56. The Morgan fingerprint density at radius 3 is 2.50 bits per heavy atom. The smallest absolute Gasteiger partial charge is 0.306 e. The number of carbonyl (C=O) groups is 2. The first-order valence-electron chi connectivity index (χ1n) is 6.61. The van der Waals surface area contributed by atoms with Gasteiger partial charge in [-0.25, -0.2) is 0 Å². The third-order valence-electron chi connectivity index (χ3n) is 3.09. The van der Waals surface area contributed by atoms with Crippen LogP contribution >= 0.6 is 0 Å². The van der Waals surface area contributed by atoms with Crippen molar-refractivity contribution in [1.82, 2.24) is 5.32 Å². The second-order valence-corrected chi connectivity index (χ2v) is 4.60. The van der Waals surface area contributed by atoms with E-state index in [-0.39, 0.29) is 30.8 Å². The number of likely N-dealkylation sites (N-methyl/N-ethyl adjacent to an activating group) is 1. The Kier molecular flexibility index (Phi) is 6.67. The number of hydrogen-bond donors (Lipinski definition) is 1. The first kappa shape index (κ1) is 16.1. The molecule has 0 heterocycles. The van der Waals surface area contributed by atoms with Crippen molar-refractivity contribution in [3.05, 3.63) is 42.0 Å². The highest BCUT2D eigenvalue weighted by Gasteiger charge is 2.14. The zero-order valence-electron chi connectivity index (χ0n) is 12.0. The van der Waals surface area contributed by atoms with Gasteiger partial charge in [0.1, 0.15) is 12.4 Å². The molecule has 0 aliphatic heterocycles. The lowest BCUT2D eigenvalue weighted by molar-refractivity contribution is -0.145. The number of rotatable bonds is 8. The molecule has 0 aliphatic carbocycles. The van der Waals surface area contributed by atoms with Crippen LogP contribution in [-0.4, -0.2) is 24.8 Å². The molecule has 4 nitrogen and oxygen atoms in total. The summed E-state index contributed by atoms with van der Waals surface area (Å²) in [6.45, 7) is 5.44. The topological polar surface area (TPSA) is 55.4 Å². The Balaban J connectivity index is 2.35. The van der Waals surface area contributed by atoms with Gasteiger partial charge in [0.15, 0.2) is 0 Å². The fourth-order valence-electron chi connectivity index (χ4n) is 1.80. The van der Waals surface area contributed by atoms with E-state index in [1.807, 2.05) is 24.3 Å². The van der Waals surface area contributed by atoms with Gasteiger partial charge in [-0.3, -0.25) is 9.59 Å². The van der Waals surface area contributed by atoms with E-state index in [4.69, 9.17) is 4.74 Å². The standard InChI is InChI=1S/C16H21NO3/c1-4-13-5-7-14(8-6-13)11-20-16(19)10-9-15(17-3)12(2)18/h4-8,15,17H,1,9-11H2,2-3H3/t15-/m0/s1.